The quantitative estimate of drug-likeness (QED) is 0.253. The van der Waals surface area contributed by atoms with E-state index in [1.165, 1.54) is 22.5 Å². The van der Waals surface area contributed by atoms with Gasteiger partial charge in [-0.05, 0) is 68.8 Å². The fraction of sp³-hybridized carbons (Fsp3) is 0.200. The molecule has 0 aromatic heterocycles. The molecule has 1 amide bonds. The van der Waals surface area contributed by atoms with E-state index in [-0.39, 0.29) is 32.9 Å². The van der Waals surface area contributed by atoms with Crippen molar-refractivity contribution in [1.29, 1.82) is 0 Å². The van der Waals surface area contributed by atoms with Gasteiger partial charge in [-0.3, -0.25) is 13.7 Å². The Hall–Kier alpha value is -3.36. The van der Waals surface area contributed by atoms with Gasteiger partial charge >= 0.3 is 0 Å². The number of benzene rings is 3. The highest BCUT2D eigenvalue weighted by Gasteiger charge is 2.36. The maximum absolute atomic E-state index is 13.3. The van der Waals surface area contributed by atoms with Gasteiger partial charge in [-0.1, -0.05) is 41.4 Å². The van der Waals surface area contributed by atoms with Crippen molar-refractivity contribution in [2.45, 2.75) is 36.6 Å². The number of para-hydroxylation sites is 1. The normalized spacial score (nSPS) is 16.1. The van der Waals surface area contributed by atoms with Crippen LogP contribution in [0.1, 0.15) is 19.4 Å². The zero-order valence-electron chi connectivity index (χ0n) is 21.4. The summed E-state index contributed by atoms with van der Waals surface area (Å²) in [5, 5.41) is 12.8. The van der Waals surface area contributed by atoms with Gasteiger partial charge in [0.2, 0.25) is 0 Å². The highest BCUT2D eigenvalue weighted by Crippen LogP contribution is 2.36. The number of anilines is 2. The van der Waals surface area contributed by atoms with Gasteiger partial charge in [0.1, 0.15) is 4.90 Å². The highest BCUT2D eigenvalue weighted by atomic mass is 35.5. The summed E-state index contributed by atoms with van der Waals surface area (Å²) in [5.74, 6) is -0.628. The van der Waals surface area contributed by atoms with E-state index in [1.54, 1.807) is 51.1 Å². The van der Waals surface area contributed by atoms with E-state index >= 15 is 0 Å². The number of halogens is 2. The second-order valence-corrected chi connectivity index (χ2v) is 12.7. The van der Waals surface area contributed by atoms with E-state index in [1.807, 2.05) is 0 Å². The standard InChI is InChI=1S/C25H23Cl2N5O6S2/c1-4-31(17-8-6-5-7-9-17)39(34,35)18-10-11-21(15(2)12-18)28-29-24-16(3)30-32(25(24)33)22-13-20(27)23(14-19(22)26)40(36,37)38/h5-14,24H,4H2,1-3H3,(H,36,37,38). The van der Waals surface area contributed by atoms with Crippen molar-refractivity contribution in [2.24, 2.45) is 15.3 Å². The lowest BCUT2D eigenvalue weighted by molar-refractivity contribution is -0.117. The minimum atomic E-state index is -4.64. The molecule has 1 aliphatic rings. The van der Waals surface area contributed by atoms with Gasteiger partial charge in [0.25, 0.3) is 26.0 Å². The zero-order valence-corrected chi connectivity index (χ0v) is 24.5. The van der Waals surface area contributed by atoms with E-state index in [0.717, 1.165) is 17.1 Å². The number of sulfonamides is 1. The Kier molecular flexibility index (Phi) is 8.33. The van der Waals surface area contributed by atoms with Crippen LogP contribution in [0.4, 0.5) is 17.1 Å². The zero-order chi connectivity index (χ0) is 29.4. The molecule has 0 aliphatic carbocycles. The van der Waals surface area contributed by atoms with Gasteiger partial charge in [0.15, 0.2) is 6.04 Å². The van der Waals surface area contributed by atoms with E-state index in [2.05, 4.69) is 15.3 Å². The lowest BCUT2D eigenvalue weighted by atomic mass is 10.2. The Labute approximate surface area is 241 Å². The molecular formula is C25H23Cl2N5O6S2. The fourth-order valence-electron chi connectivity index (χ4n) is 3.97. The topological polar surface area (TPSA) is 149 Å². The largest absolute Gasteiger partial charge is 0.296 e. The van der Waals surface area contributed by atoms with Crippen molar-refractivity contribution in [3.63, 3.8) is 0 Å². The Balaban J connectivity index is 1.58. The maximum atomic E-state index is 13.3. The van der Waals surface area contributed by atoms with Gasteiger partial charge in [0.05, 0.1) is 37.7 Å². The average Bonchev–Trinajstić information content (AvgIpc) is 3.17. The van der Waals surface area contributed by atoms with Gasteiger partial charge in [-0.25, -0.2) is 8.42 Å². The van der Waals surface area contributed by atoms with E-state index < -0.39 is 37.0 Å². The van der Waals surface area contributed by atoms with Crippen LogP contribution in [0.5, 0.6) is 0 Å². The van der Waals surface area contributed by atoms with E-state index in [4.69, 9.17) is 23.2 Å². The Bertz CT molecular complexity index is 1760. The Morgan fingerprint density at radius 2 is 1.68 bits per heavy atom. The fourth-order valence-corrected chi connectivity index (χ4v) is 6.86. The predicted molar refractivity (Wildman–Crippen MR) is 153 cm³/mol. The van der Waals surface area contributed by atoms with E-state index in [9.17, 15) is 26.2 Å². The Morgan fingerprint density at radius 3 is 2.27 bits per heavy atom. The van der Waals surface area contributed by atoms with Crippen molar-refractivity contribution in [2.75, 3.05) is 15.9 Å². The molecule has 40 heavy (non-hydrogen) atoms. The van der Waals surface area contributed by atoms with Crippen LogP contribution >= 0.6 is 23.2 Å². The summed E-state index contributed by atoms with van der Waals surface area (Å²) in [6.45, 7) is 5.21. The lowest BCUT2D eigenvalue weighted by Gasteiger charge is -2.23. The summed E-state index contributed by atoms with van der Waals surface area (Å²) in [6.07, 6.45) is 0. The number of carbonyl (C=O) groups is 1. The summed E-state index contributed by atoms with van der Waals surface area (Å²) in [6, 6.07) is 14.0. The molecule has 1 heterocycles. The molecule has 0 radical (unpaired) electrons. The van der Waals surface area contributed by atoms with Crippen molar-refractivity contribution in [3.8, 4) is 0 Å². The third kappa shape index (κ3) is 5.74. The van der Waals surface area contributed by atoms with Gasteiger partial charge in [0, 0.05) is 6.54 Å². The number of hydrogen-bond acceptors (Lipinski definition) is 8. The number of hydrazone groups is 1. The molecule has 1 unspecified atom stereocenters. The minimum absolute atomic E-state index is 0.00856. The number of hydrogen-bond donors (Lipinski definition) is 1. The molecule has 0 saturated carbocycles. The van der Waals surface area contributed by atoms with Crippen LogP contribution < -0.4 is 9.31 Å². The summed E-state index contributed by atoms with van der Waals surface area (Å²) < 4.78 is 60.2. The van der Waals surface area contributed by atoms with Gasteiger partial charge < -0.3 is 0 Å². The molecule has 3 aromatic rings. The monoisotopic (exact) mass is 623 g/mol. The minimum Gasteiger partial charge on any atom is -0.282 e. The Morgan fingerprint density at radius 1 is 1.00 bits per heavy atom. The SMILES string of the molecule is CCN(c1ccccc1)S(=O)(=O)c1ccc(N=NC2C(=O)N(c3cc(Cl)c(S(=O)(=O)O)cc3Cl)N=C2C)c(C)c1. The summed E-state index contributed by atoms with van der Waals surface area (Å²) >= 11 is 12.1. The molecule has 0 saturated heterocycles. The molecule has 1 N–H and O–H groups in total. The highest BCUT2D eigenvalue weighted by molar-refractivity contribution is 7.92. The maximum Gasteiger partial charge on any atom is 0.296 e. The number of azo groups is 1. The first-order valence-corrected chi connectivity index (χ1v) is 15.3. The molecule has 15 heteroatoms. The molecule has 4 rings (SSSR count). The molecular weight excluding hydrogens is 601 g/mol. The summed E-state index contributed by atoms with van der Waals surface area (Å²) in [7, 11) is -8.48. The number of aryl methyl sites for hydroxylation is 1. The molecule has 11 nitrogen and oxygen atoms in total. The van der Waals surface area contributed by atoms with Crippen LogP contribution in [-0.2, 0) is 24.9 Å². The van der Waals surface area contributed by atoms with Crippen LogP contribution in [0.2, 0.25) is 10.0 Å². The molecule has 1 atom stereocenters. The van der Waals surface area contributed by atoms with Crippen molar-refractivity contribution < 1.29 is 26.2 Å². The van der Waals surface area contributed by atoms with Crippen LogP contribution in [0.3, 0.4) is 0 Å². The first-order valence-electron chi connectivity index (χ1n) is 11.7. The molecule has 0 spiro atoms. The smallest absolute Gasteiger partial charge is 0.282 e. The first kappa shape index (κ1) is 29.6. The van der Waals surface area contributed by atoms with Crippen LogP contribution in [-0.4, -0.2) is 45.6 Å². The molecule has 0 bridgehead atoms. The second kappa shape index (κ2) is 11.3. The van der Waals surface area contributed by atoms with Gasteiger partial charge in [-0.2, -0.15) is 28.8 Å². The summed E-state index contributed by atoms with van der Waals surface area (Å²) in [5.41, 5.74) is 1.67. The average molecular weight is 625 g/mol. The van der Waals surface area contributed by atoms with Crippen LogP contribution in [0.15, 0.2) is 85.8 Å². The molecule has 210 valence electrons. The van der Waals surface area contributed by atoms with Crippen molar-refractivity contribution >= 4 is 72.0 Å². The third-order valence-corrected chi connectivity index (χ3v) is 9.49. The number of carbonyl (C=O) groups excluding carboxylic acids is 1. The lowest BCUT2D eigenvalue weighted by Crippen LogP contribution is -2.30. The number of amides is 1. The predicted octanol–water partition coefficient (Wildman–Crippen LogP) is 5.64. The molecule has 3 aromatic carbocycles. The van der Waals surface area contributed by atoms with Crippen molar-refractivity contribution in [1.82, 2.24) is 0 Å². The summed E-state index contributed by atoms with van der Waals surface area (Å²) in [4.78, 5) is 12.6. The number of rotatable bonds is 8. The second-order valence-electron chi connectivity index (χ2n) is 8.67. The number of nitrogens with zero attached hydrogens (tertiary/aromatic N) is 5. The van der Waals surface area contributed by atoms with Gasteiger partial charge in [-0.15, -0.1) is 0 Å². The van der Waals surface area contributed by atoms with Crippen LogP contribution in [0, 0.1) is 6.92 Å². The van der Waals surface area contributed by atoms with Crippen molar-refractivity contribution in [3.05, 3.63) is 76.3 Å². The van der Waals surface area contributed by atoms with Crippen LogP contribution in [0.25, 0.3) is 0 Å². The third-order valence-electron chi connectivity index (χ3n) is 5.97. The molecule has 0 fully saturated rings. The first-order chi connectivity index (χ1) is 18.8. The molecule has 1 aliphatic heterocycles. The van der Waals surface area contributed by atoms with E-state index in [0.29, 0.717) is 16.9 Å².